The lowest BCUT2D eigenvalue weighted by molar-refractivity contribution is 0.125. The topological polar surface area (TPSA) is 111 Å². The van der Waals surface area contributed by atoms with E-state index in [1.54, 1.807) is 6.07 Å². The van der Waals surface area contributed by atoms with Crippen molar-refractivity contribution in [3.63, 3.8) is 0 Å². The Morgan fingerprint density at radius 3 is 2.72 bits per heavy atom. The molecule has 136 valence electrons. The van der Waals surface area contributed by atoms with Crippen LogP contribution in [0.3, 0.4) is 0 Å². The minimum Gasteiger partial charge on any atom is -0.336 e. The van der Waals surface area contributed by atoms with Crippen molar-refractivity contribution in [1.29, 1.82) is 0 Å². The third kappa shape index (κ3) is 3.07. The van der Waals surface area contributed by atoms with E-state index >= 15 is 0 Å². The molecule has 2 heterocycles. The molecule has 2 bridgehead atoms. The van der Waals surface area contributed by atoms with E-state index in [1.165, 1.54) is 6.20 Å². The van der Waals surface area contributed by atoms with Crippen LogP contribution in [0.15, 0.2) is 21.7 Å². The van der Waals surface area contributed by atoms with Crippen LogP contribution in [0.25, 0.3) is 11.1 Å². The minimum atomic E-state index is -3.64. The summed E-state index contributed by atoms with van der Waals surface area (Å²) >= 11 is 0. The SMILES string of the molecule is CCc1noc2ncc(S(=O)(=O)NC3C4CCCC3CC(N)C4)cc12. The molecule has 0 radical (unpaired) electrons. The second kappa shape index (κ2) is 6.34. The summed E-state index contributed by atoms with van der Waals surface area (Å²) in [6, 6.07) is 1.78. The van der Waals surface area contributed by atoms with Crippen molar-refractivity contribution in [3.05, 3.63) is 18.0 Å². The number of pyridine rings is 1. The number of fused-ring (bicyclic) bond motifs is 3. The summed E-state index contributed by atoms with van der Waals surface area (Å²) in [7, 11) is -3.64. The van der Waals surface area contributed by atoms with Gasteiger partial charge in [-0.3, -0.25) is 0 Å². The van der Waals surface area contributed by atoms with E-state index in [1.807, 2.05) is 6.92 Å². The third-order valence-corrected chi connectivity index (χ3v) is 7.12. The van der Waals surface area contributed by atoms with Gasteiger partial charge in [0.25, 0.3) is 5.71 Å². The minimum absolute atomic E-state index is 0.0256. The molecule has 4 rings (SSSR count). The maximum Gasteiger partial charge on any atom is 0.258 e. The van der Waals surface area contributed by atoms with E-state index in [0.29, 0.717) is 29.4 Å². The number of nitrogens with zero attached hydrogens (tertiary/aromatic N) is 2. The molecule has 0 aliphatic heterocycles. The van der Waals surface area contributed by atoms with Gasteiger partial charge in [-0.2, -0.15) is 0 Å². The maximum atomic E-state index is 12.9. The first-order chi connectivity index (χ1) is 12.0. The highest BCUT2D eigenvalue weighted by atomic mass is 32.2. The van der Waals surface area contributed by atoms with E-state index in [2.05, 4.69) is 14.9 Å². The smallest absolute Gasteiger partial charge is 0.258 e. The van der Waals surface area contributed by atoms with E-state index < -0.39 is 10.0 Å². The fourth-order valence-corrected chi connectivity index (χ4v) is 5.83. The molecule has 2 unspecified atom stereocenters. The fourth-order valence-electron chi connectivity index (χ4n) is 4.49. The van der Waals surface area contributed by atoms with Crippen LogP contribution in [-0.2, 0) is 16.4 Å². The molecule has 3 N–H and O–H groups in total. The highest BCUT2D eigenvalue weighted by molar-refractivity contribution is 7.89. The largest absolute Gasteiger partial charge is 0.336 e. The van der Waals surface area contributed by atoms with Crippen LogP contribution in [0.1, 0.15) is 44.7 Å². The first-order valence-corrected chi connectivity index (χ1v) is 10.5. The Morgan fingerprint density at radius 1 is 1.32 bits per heavy atom. The van der Waals surface area contributed by atoms with Crippen molar-refractivity contribution < 1.29 is 12.9 Å². The van der Waals surface area contributed by atoms with Crippen LogP contribution in [-0.4, -0.2) is 30.6 Å². The number of hydrogen-bond acceptors (Lipinski definition) is 6. The maximum absolute atomic E-state index is 12.9. The van der Waals surface area contributed by atoms with Crippen molar-refractivity contribution in [3.8, 4) is 0 Å². The molecule has 7 nitrogen and oxygen atoms in total. The second-order valence-electron chi connectivity index (χ2n) is 7.34. The number of sulfonamides is 1. The van der Waals surface area contributed by atoms with E-state index in [4.69, 9.17) is 10.3 Å². The number of rotatable bonds is 4. The molecule has 0 saturated heterocycles. The summed E-state index contributed by atoms with van der Waals surface area (Å²) in [5.74, 6) is 0.659. The summed E-state index contributed by atoms with van der Waals surface area (Å²) in [6.45, 7) is 1.95. The van der Waals surface area contributed by atoms with Gasteiger partial charge in [-0.1, -0.05) is 18.5 Å². The van der Waals surface area contributed by atoms with Crippen LogP contribution in [0.4, 0.5) is 0 Å². The van der Waals surface area contributed by atoms with Crippen molar-refractivity contribution in [2.24, 2.45) is 17.6 Å². The monoisotopic (exact) mass is 364 g/mol. The molecular formula is C17H24N4O3S. The predicted octanol–water partition coefficient (Wildman–Crippen LogP) is 1.97. The van der Waals surface area contributed by atoms with Crippen LogP contribution in [0, 0.1) is 11.8 Å². The van der Waals surface area contributed by atoms with Gasteiger partial charge in [0.2, 0.25) is 10.0 Å². The Balaban J connectivity index is 1.63. The molecule has 2 aliphatic carbocycles. The van der Waals surface area contributed by atoms with Crippen molar-refractivity contribution in [2.75, 3.05) is 0 Å². The molecule has 0 spiro atoms. The van der Waals surface area contributed by atoms with Gasteiger partial charge in [0, 0.05) is 12.1 Å². The van der Waals surface area contributed by atoms with Gasteiger partial charge >= 0.3 is 0 Å². The van der Waals surface area contributed by atoms with E-state index in [0.717, 1.165) is 37.8 Å². The molecule has 0 aromatic carbocycles. The summed E-state index contributed by atoms with van der Waals surface area (Å²) in [4.78, 5) is 4.30. The zero-order chi connectivity index (χ0) is 17.6. The normalized spacial score (nSPS) is 29.8. The number of aromatic nitrogens is 2. The van der Waals surface area contributed by atoms with E-state index in [-0.39, 0.29) is 17.0 Å². The molecule has 2 aliphatic rings. The third-order valence-electron chi connectivity index (χ3n) is 5.69. The molecule has 0 amide bonds. The van der Waals surface area contributed by atoms with E-state index in [9.17, 15) is 8.42 Å². The van der Waals surface area contributed by atoms with Gasteiger partial charge in [0.1, 0.15) is 4.90 Å². The molecule has 2 saturated carbocycles. The second-order valence-corrected chi connectivity index (χ2v) is 9.05. The number of nitrogens with one attached hydrogen (secondary N) is 1. The fraction of sp³-hybridized carbons (Fsp3) is 0.647. The highest BCUT2D eigenvalue weighted by Gasteiger charge is 2.41. The van der Waals surface area contributed by atoms with Gasteiger partial charge in [-0.15, -0.1) is 0 Å². The number of nitrogens with two attached hydrogens (primary N) is 1. The standard InChI is InChI=1S/C17H24N4O3S/c1-2-15-14-8-13(9-19-17(14)24-20-15)25(22,23)21-16-10-4-3-5-11(16)7-12(18)6-10/h8-12,16,21H,2-7,18H2,1H3. The molecule has 2 fully saturated rings. The van der Waals surface area contributed by atoms with Gasteiger partial charge in [-0.05, 0) is 50.0 Å². The Hall–Kier alpha value is -1.51. The summed E-state index contributed by atoms with van der Waals surface area (Å²) in [6.07, 6.45) is 7.05. The molecule has 2 aromatic heterocycles. The van der Waals surface area contributed by atoms with Crippen molar-refractivity contribution in [2.45, 2.75) is 62.4 Å². The van der Waals surface area contributed by atoms with Gasteiger partial charge in [0.15, 0.2) is 0 Å². The van der Waals surface area contributed by atoms with Crippen molar-refractivity contribution >= 4 is 21.1 Å². The average molecular weight is 364 g/mol. The average Bonchev–Trinajstić information content (AvgIpc) is 2.98. The molecule has 2 aromatic rings. The zero-order valence-corrected chi connectivity index (χ0v) is 15.1. The highest BCUT2D eigenvalue weighted by Crippen LogP contribution is 2.40. The van der Waals surface area contributed by atoms with Crippen LogP contribution < -0.4 is 10.5 Å². The molecule has 2 atom stereocenters. The Morgan fingerprint density at radius 2 is 2.04 bits per heavy atom. The van der Waals surface area contributed by atoms with Crippen LogP contribution >= 0.6 is 0 Å². The Bertz CT molecular complexity index is 865. The van der Waals surface area contributed by atoms with Gasteiger partial charge in [-0.25, -0.2) is 18.1 Å². The Labute approximate surface area is 147 Å². The zero-order valence-electron chi connectivity index (χ0n) is 14.3. The van der Waals surface area contributed by atoms with Gasteiger partial charge in [0.05, 0.1) is 17.3 Å². The summed E-state index contributed by atoms with van der Waals surface area (Å²) < 4.78 is 34.0. The van der Waals surface area contributed by atoms with Gasteiger partial charge < -0.3 is 10.3 Å². The lowest BCUT2D eigenvalue weighted by atomic mass is 9.67. The first kappa shape index (κ1) is 16.9. The quantitative estimate of drug-likeness (QED) is 0.858. The predicted molar refractivity (Wildman–Crippen MR) is 93.3 cm³/mol. The summed E-state index contributed by atoms with van der Waals surface area (Å²) in [5.41, 5.74) is 7.23. The summed E-state index contributed by atoms with van der Waals surface area (Å²) in [5, 5.41) is 4.60. The number of aryl methyl sites for hydroxylation is 1. The lowest BCUT2D eigenvalue weighted by Gasteiger charge is -2.44. The molecule has 25 heavy (non-hydrogen) atoms. The Kier molecular flexibility index (Phi) is 4.29. The molecular weight excluding hydrogens is 340 g/mol. The van der Waals surface area contributed by atoms with Crippen molar-refractivity contribution in [1.82, 2.24) is 14.9 Å². The lowest BCUT2D eigenvalue weighted by Crippen LogP contribution is -2.53. The number of hydrogen-bond donors (Lipinski definition) is 2. The van der Waals surface area contributed by atoms with Crippen LogP contribution in [0.2, 0.25) is 0 Å². The molecule has 8 heteroatoms. The first-order valence-electron chi connectivity index (χ1n) is 9.00. The van der Waals surface area contributed by atoms with Crippen LogP contribution in [0.5, 0.6) is 0 Å².